The lowest BCUT2D eigenvalue weighted by Gasteiger charge is -2.41. The molecule has 0 radical (unpaired) electrons. The SMILES string of the molecule is CC.CCN1CCN(CC2CC(c3ccc(C(C)C)cc3)C2)CC1. The summed E-state index contributed by atoms with van der Waals surface area (Å²) in [6.45, 7) is 18.4. The Morgan fingerprint density at radius 2 is 1.46 bits per heavy atom. The van der Waals surface area contributed by atoms with Gasteiger partial charge in [0.25, 0.3) is 0 Å². The quantitative estimate of drug-likeness (QED) is 0.752. The summed E-state index contributed by atoms with van der Waals surface area (Å²) < 4.78 is 0. The van der Waals surface area contributed by atoms with Crippen LogP contribution in [0.3, 0.4) is 0 Å². The molecule has 2 nitrogen and oxygen atoms in total. The molecule has 136 valence electrons. The fraction of sp³-hybridized carbons (Fsp3) is 0.727. The standard InChI is InChI=1S/C20H32N2.C2H6/c1-4-21-9-11-22(12-10-21)15-17-13-20(14-17)19-7-5-18(6-8-19)16(2)3;1-2/h5-8,16-17,20H,4,9-15H2,1-3H3;1-2H3. The first kappa shape index (κ1) is 19.5. The van der Waals surface area contributed by atoms with Crippen LogP contribution in [0.1, 0.15) is 70.4 Å². The fourth-order valence-electron chi connectivity index (χ4n) is 3.96. The number of piperazine rings is 1. The van der Waals surface area contributed by atoms with Crippen LogP contribution in [0.5, 0.6) is 0 Å². The minimum absolute atomic E-state index is 0.643. The summed E-state index contributed by atoms with van der Waals surface area (Å²) in [4.78, 5) is 5.26. The molecule has 3 rings (SSSR count). The second-order valence-electron chi connectivity index (χ2n) is 7.59. The number of hydrogen-bond donors (Lipinski definition) is 0. The molecule has 2 aliphatic rings. The van der Waals surface area contributed by atoms with Crippen LogP contribution in [0, 0.1) is 5.92 Å². The normalized spacial score (nSPS) is 25.1. The van der Waals surface area contributed by atoms with Gasteiger partial charge in [0.2, 0.25) is 0 Å². The Hall–Kier alpha value is -0.860. The van der Waals surface area contributed by atoms with E-state index in [4.69, 9.17) is 0 Å². The molecule has 1 saturated carbocycles. The second kappa shape index (κ2) is 9.58. The van der Waals surface area contributed by atoms with Gasteiger partial charge < -0.3 is 9.80 Å². The predicted molar refractivity (Wildman–Crippen MR) is 106 cm³/mol. The van der Waals surface area contributed by atoms with Crippen molar-refractivity contribution in [3.05, 3.63) is 35.4 Å². The Kier molecular flexibility index (Phi) is 7.77. The Bertz CT molecular complexity index is 451. The largest absolute Gasteiger partial charge is 0.301 e. The van der Waals surface area contributed by atoms with Crippen molar-refractivity contribution in [2.45, 2.75) is 59.3 Å². The molecule has 2 fully saturated rings. The van der Waals surface area contributed by atoms with Gasteiger partial charge in [-0.25, -0.2) is 0 Å². The highest BCUT2D eigenvalue weighted by molar-refractivity contribution is 5.28. The second-order valence-corrected chi connectivity index (χ2v) is 7.59. The van der Waals surface area contributed by atoms with Crippen molar-refractivity contribution >= 4 is 0 Å². The van der Waals surface area contributed by atoms with E-state index in [1.54, 1.807) is 5.56 Å². The van der Waals surface area contributed by atoms with E-state index in [2.05, 4.69) is 54.8 Å². The molecule has 2 heteroatoms. The van der Waals surface area contributed by atoms with Crippen LogP contribution in [0.4, 0.5) is 0 Å². The van der Waals surface area contributed by atoms with Gasteiger partial charge in [-0.05, 0) is 48.3 Å². The third-order valence-corrected chi connectivity index (χ3v) is 5.74. The van der Waals surface area contributed by atoms with Gasteiger partial charge in [0.15, 0.2) is 0 Å². The first-order chi connectivity index (χ1) is 11.7. The maximum absolute atomic E-state index is 2.69. The van der Waals surface area contributed by atoms with Crippen LogP contribution >= 0.6 is 0 Å². The monoisotopic (exact) mass is 330 g/mol. The van der Waals surface area contributed by atoms with Gasteiger partial charge in [0, 0.05) is 32.7 Å². The molecular formula is C22H38N2. The van der Waals surface area contributed by atoms with Crippen LogP contribution in [-0.4, -0.2) is 49.1 Å². The number of likely N-dealkylation sites (N-methyl/N-ethyl adjacent to an activating group) is 1. The summed E-state index contributed by atoms with van der Waals surface area (Å²) >= 11 is 0. The molecule has 1 aromatic rings. The fourth-order valence-corrected chi connectivity index (χ4v) is 3.96. The van der Waals surface area contributed by atoms with Crippen LogP contribution in [0.25, 0.3) is 0 Å². The molecule has 1 saturated heterocycles. The summed E-state index contributed by atoms with van der Waals surface area (Å²) in [5.41, 5.74) is 3.03. The van der Waals surface area contributed by atoms with Crippen LogP contribution < -0.4 is 0 Å². The third kappa shape index (κ3) is 5.07. The summed E-state index contributed by atoms with van der Waals surface area (Å²) in [5, 5.41) is 0. The summed E-state index contributed by atoms with van der Waals surface area (Å²) in [6.07, 6.45) is 2.80. The average Bonchev–Trinajstić information content (AvgIpc) is 2.60. The molecule has 0 amide bonds. The Labute approximate surface area is 150 Å². The van der Waals surface area contributed by atoms with E-state index in [1.165, 1.54) is 57.7 Å². The molecule has 0 atom stereocenters. The Morgan fingerprint density at radius 3 is 1.96 bits per heavy atom. The van der Waals surface area contributed by atoms with Gasteiger partial charge in [0.1, 0.15) is 0 Å². The average molecular weight is 331 g/mol. The Balaban J connectivity index is 0.00000100. The number of hydrogen-bond acceptors (Lipinski definition) is 2. The van der Waals surface area contributed by atoms with E-state index in [0.717, 1.165) is 11.8 Å². The molecule has 0 N–H and O–H groups in total. The van der Waals surface area contributed by atoms with Gasteiger partial charge in [-0.15, -0.1) is 0 Å². The molecule has 0 spiro atoms. The molecule has 1 aliphatic heterocycles. The number of rotatable bonds is 5. The minimum Gasteiger partial charge on any atom is -0.301 e. The number of nitrogens with zero attached hydrogens (tertiary/aromatic N) is 2. The van der Waals surface area contributed by atoms with Crippen LogP contribution in [0.15, 0.2) is 24.3 Å². The van der Waals surface area contributed by atoms with E-state index >= 15 is 0 Å². The highest BCUT2D eigenvalue weighted by Crippen LogP contribution is 2.42. The summed E-state index contributed by atoms with van der Waals surface area (Å²) in [7, 11) is 0. The zero-order valence-electron chi connectivity index (χ0n) is 16.6. The molecule has 24 heavy (non-hydrogen) atoms. The highest BCUT2D eigenvalue weighted by atomic mass is 15.3. The summed E-state index contributed by atoms with van der Waals surface area (Å²) in [5.74, 6) is 2.40. The maximum Gasteiger partial charge on any atom is 0.0110 e. The van der Waals surface area contributed by atoms with Crippen molar-refractivity contribution < 1.29 is 0 Å². The van der Waals surface area contributed by atoms with Crippen LogP contribution in [0.2, 0.25) is 0 Å². The lowest BCUT2D eigenvalue weighted by atomic mass is 9.71. The highest BCUT2D eigenvalue weighted by Gasteiger charge is 2.32. The lowest BCUT2D eigenvalue weighted by Crippen LogP contribution is -2.48. The Morgan fingerprint density at radius 1 is 0.917 bits per heavy atom. The van der Waals surface area contributed by atoms with E-state index in [9.17, 15) is 0 Å². The number of benzene rings is 1. The molecule has 0 unspecified atom stereocenters. The zero-order chi connectivity index (χ0) is 17.5. The van der Waals surface area contributed by atoms with Crippen molar-refractivity contribution in [3.63, 3.8) is 0 Å². The van der Waals surface area contributed by atoms with E-state index in [0.29, 0.717) is 5.92 Å². The van der Waals surface area contributed by atoms with Gasteiger partial charge in [0.05, 0.1) is 0 Å². The van der Waals surface area contributed by atoms with Gasteiger partial charge in [-0.1, -0.05) is 58.9 Å². The van der Waals surface area contributed by atoms with Crippen molar-refractivity contribution in [1.82, 2.24) is 9.80 Å². The zero-order valence-corrected chi connectivity index (χ0v) is 16.6. The van der Waals surface area contributed by atoms with Crippen molar-refractivity contribution in [3.8, 4) is 0 Å². The van der Waals surface area contributed by atoms with E-state index < -0.39 is 0 Å². The molecule has 1 heterocycles. The topological polar surface area (TPSA) is 6.48 Å². The third-order valence-electron chi connectivity index (χ3n) is 5.74. The van der Waals surface area contributed by atoms with Crippen molar-refractivity contribution in [2.75, 3.05) is 39.3 Å². The van der Waals surface area contributed by atoms with Gasteiger partial charge in [-0.3, -0.25) is 0 Å². The van der Waals surface area contributed by atoms with Gasteiger partial charge >= 0.3 is 0 Å². The minimum atomic E-state index is 0.643. The smallest absolute Gasteiger partial charge is 0.0110 e. The molecule has 1 aromatic carbocycles. The first-order valence-electron chi connectivity index (χ1n) is 10.2. The molecule has 0 aromatic heterocycles. The summed E-state index contributed by atoms with van der Waals surface area (Å²) in [6, 6.07) is 9.40. The first-order valence-corrected chi connectivity index (χ1v) is 10.2. The predicted octanol–water partition coefficient (Wildman–Crippen LogP) is 4.97. The molecule has 0 bridgehead atoms. The van der Waals surface area contributed by atoms with Crippen molar-refractivity contribution in [2.24, 2.45) is 5.92 Å². The molecular weight excluding hydrogens is 292 g/mol. The van der Waals surface area contributed by atoms with E-state index in [-0.39, 0.29) is 0 Å². The van der Waals surface area contributed by atoms with Gasteiger partial charge in [-0.2, -0.15) is 0 Å². The molecule has 1 aliphatic carbocycles. The van der Waals surface area contributed by atoms with E-state index in [1.807, 2.05) is 13.8 Å². The maximum atomic E-state index is 2.69. The van der Waals surface area contributed by atoms with Crippen molar-refractivity contribution in [1.29, 1.82) is 0 Å². The lowest BCUT2D eigenvalue weighted by molar-refractivity contribution is 0.0964. The van der Waals surface area contributed by atoms with Crippen LogP contribution in [-0.2, 0) is 0 Å².